The first-order chi connectivity index (χ1) is 5.65. The highest BCUT2D eigenvalue weighted by atomic mass is 16.5. The maximum absolute atomic E-state index is 5.08. The molecule has 1 aromatic heterocycles. The molecule has 0 fully saturated rings. The lowest BCUT2D eigenvalue weighted by Crippen LogP contribution is -1.91. The lowest BCUT2D eigenvalue weighted by Gasteiger charge is -2.01. The van der Waals surface area contributed by atoms with Crippen molar-refractivity contribution in [2.75, 3.05) is 7.11 Å². The molecular weight excluding hydrogens is 150 g/mol. The highest BCUT2D eigenvalue weighted by Gasteiger charge is 1.99. The van der Waals surface area contributed by atoms with Crippen LogP contribution in [0.2, 0.25) is 0 Å². The average molecular weight is 165 g/mol. The first kappa shape index (κ1) is 8.91. The summed E-state index contributed by atoms with van der Waals surface area (Å²) in [6.45, 7) is 4.04. The summed E-state index contributed by atoms with van der Waals surface area (Å²) in [5.74, 6) is 0.930. The van der Waals surface area contributed by atoms with E-state index in [0.717, 1.165) is 5.76 Å². The molecule has 12 heavy (non-hydrogen) atoms. The second-order valence-corrected chi connectivity index (χ2v) is 2.95. The lowest BCUT2D eigenvalue weighted by atomic mass is 10.2. The third-order valence-corrected chi connectivity index (χ3v) is 1.99. The van der Waals surface area contributed by atoms with Gasteiger partial charge in [0.25, 0.3) is 0 Å². The summed E-state index contributed by atoms with van der Waals surface area (Å²) in [5, 5.41) is 0. The van der Waals surface area contributed by atoms with E-state index in [1.165, 1.54) is 11.3 Å². The number of nitrogens with zero attached hydrogens (tertiary/aromatic N) is 1. The number of hydrogen-bond acceptors (Lipinski definition) is 1. The second kappa shape index (κ2) is 3.48. The van der Waals surface area contributed by atoms with Crippen molar-refractivity contribution in [3.05, 3.63) is 29.3 Å². The van der Waals surface area contributed by atoms with E-state index in [9.17, 15) is 0 Å². The van der Waals surface area contributed by atoms with Crippen LogP contribution >= 0.6 is 0 Å². The summed E-state index contributed by atoms with van der Waals surface area (Å²) in [6.07, 6.45) is 4.08. The van der Waals surface area contributed by atoms with Gasteiger partial charge in [0.15, 0.2) is 0 Å². The Morgan fingerprint density at radius 1 is 1.58 bits per heavy atom. The van der Waals surface area contributed by atoms with E-state index in [1.54, 1.807) is 7.11 Å². The van der Waals surface area contributed by atoms with Gasteiger partial charge in [-0.15, -0.1) is 0 Å². The third-order valence-electron chi connectivity index (χ3n) is 1.99. The Hall–Kier alpha value is -1.18. The molecule has 2 heteroatoms. The summed E-state index contributed by atoms with van der Waals surface area (Å²) in [7, 11) is 3.71. The molecule has 1 heterocycles. The smallest absolute Gasteiger partial charge is 0.0945 e. The van der Waals surface area contributed by atoms with Gasteiger partial charge in [0.2, 0.25) is 0 Å². The molecule has 1 aromatic rings. The van der Waals surface area contributed by atoms with Crippen LogP contribution in [-0.2, 0) is 11.8 Å². The highest BCUT2D eigenvalue weighted by Crippen LogP contribution is 2.12. The molecule has 0 aliphatic rings. The predicted octanol–water partition coefficient (Wildman–Crippen LogP) is 2.34. The number of methoxy groups -OCH3 is 1. The number of allylic oxidation sites excluding steroid dienone is 1. The fourth-order valence-electron chi connectivity index (χ4n) is 1.13. The number of aryl methyl sites for hydroxylation is 2. The zero-order valence-electron chi connectivity index (χ0n) is 8.09. The minimum absolute atomic E-state index is 0.930. The quantitative estimate of drug-likeness (QED) is 0.613. The molecule has 0 unspecified atom stereocenters. The SMILES string of the molecule is CO/C(C)=C/c1c(C)ccn1C. The Morgan fingerprint density at radius 2 is 2.25 bits per heavy atom. The second-order valence-electron chi connectivity index (χ2n) is 2.95. The van der Waals surface area contributed by atoms with E-state index in [0.29, 0.717) is 0 Å². The van der Waals surface area contributed by atoms with Crippen LogP contribution in [0.25, 0.3) is 6.08 Å². The van der Waals surface area contributed by atoms with E-state index in [-0.39, 0.29) is 0 Å². The molecule has 2 nitrogen and oxygen atoms in total. The molecule has 0 aliphatic carbocycles. The van der Waals surface area contributed by atoms with Gasteiger partial charge in [0.1, 0.15) is 0 Å². The minimum atomic E-state index is 0.930. The molecule has 0 spiro atoms. The summed E-state index contributed by atoms with van der Waals surface area (Å²) in [5.41, 5.74) is 2.48. The van der Waals surface area contributed by atoms with Gasteiger partial charge >= 0.3 is 0 Å². The minimum Gasteiger partial charge on any atom is -0.501 e. The summed E-state index contributed by atoms with van der Waals surface area (Å²) in [4.78, 5) is 0. The Kier molecular flexibility index (Phi) is 2.58. The summed E-state index contributed by atoms with van der Waals surface area (Å²) >= 11 is 0. The molecule has 0 aliphatic heterocycles. The zero-order valence-corrected chi connectivity index (χ0v) is 8.09. The number of aromatic nitrogens is 1. The van der Waals surface area contributed by atoms with Gasteiger partial charge in [0.05, 0.1) is 12.9 Å². The molecule has 0 aromatic carbocycles. The summed E-state index contributed by atoms with van der Waals surface area (Å²) in [6, 6.07) is 2.09. The van der Waals surface area contributed by atoms with Crippen molar-refractivity contribution in [1.29, 1.82) is 0 Å². The fourth-order valence-corrected chi connectivity index (χ4v) is 1.13. The number of rotatable bonds is 2. The molecule has 1 rings (SSSR count). The van der Waals surface area contributed by atoms with Crippen molar-refractivity contribution in [3.63, 3.8) is 0 Å². The van der Waals surface area contributed by atoms with Crippen LogP contribution < -0.4 is 0 Å². The molecule has 0 amide bonds. The standard InChI is InChI=1S/C10H15NO/c1-8-5-6-11(3)10(8)7-9(2)12-4/h5-7H,1-4H3/b9-7+. The van der Waals surface area contributed by atoms with Crippen LogP contribution in [0.5, 0.6) is 0 Å². The average Bonchev–Trinajstić information content (AvgIpc) is 2.35. The molecule has 66 valence electrons. The maximum atomic E-state index is 5.08. The van der Waals surface area contributed by atoms with Gasteiger partial charge in [-0.1, -0.05) is 0 Å². The molecule has 0 atom stereocenters. The molecule has 0 saturated heterocycles. The molecule has 0 radical (unpaired) electrons. The van der Waals surface area contributed by atoms with Gasteiger partial charge in [-0.2, -0.15) is 0 Å². The topological polar surface area (TPSA) is 14.2 Å². The van der Waals surface area contributed by atoms with Gasteiger partial charge in [-0.05, 0) is 31.6 Å². The molecule has 0 bridgehead atoms. The number of ether oxygens (including phenoxy) is 1. The fraction of sp³-hybridized carbons (Fsp3) is 0.400. The largest absolute Gasteiger partial charge is 0.501 e. The van der Waals surface area contributed by atoms with Crippen molar-refractivity contribution in [2.45, 2.75) is 13.8 Å². The van der Waals surface area contributed by atoms with Crippen LogP contribution in [0.3, 0.4) is 0 Å². The van der Waals surface area contributed by atoms with Gasteiger partial charge < -0.3 is 9.30 Å². The molecular formula is C10H15NO. The van der Waals surface area contributed by atoms with Gasteiger partial charge in [-0.3, -0.25) is 0 Å². The Balaban J connectivity index is 3.02. The van der Waals surface area contributed by atoms with Crippen molar-refractivity contribution in [2.24, 2.45) is 7.05 Å². The highest BCUT2D eigenvalue weighted by molar-refractivity contribution is 5.51. The molecule has 0 saturated carbocycles. The van der Waals surface area contributed by atoms with E-state index in [4.69, 9.17) is 4.74 Å². The van der Waals surface area contributed by atoms with Crippen molar-refractivity contribution >= 4 is 6.08 Å². The normalized spacial score (nSPS) is 11.8. The first-order valence-corrected chi connectivity index (χ1v) is 3.99. The van der Waals surface area contributed by atoms with Crippen LogP contribution in [0.4, 0.5) is 0 Å². The number of hydrogen-bond donors (Lipinski definition) is 0. The maximum Gasteiger partial charge on any atom is 0.0945 e. The van der Waals surface area contributed by atoms with Crippen molar-refractivity contribution in [3.8, 4) is 0 Å². The van der Waals surface area contributed by atoms with E-state index < -0.39 is 0 Å². The monoisotopic (exact) mass is 165 g/mol. The van der Waals surface area contributed by atoms with Crippen LogP contribution in [-0.4, -0.2) is 11.7 Å². The Bertz CT molecular complexity index is 277. The van der Waals surface area contributed by atoms with Crippen LogP contribution in [0, 0.1) is 6.92 Å². The Morgan fingerprint density at radius 3 is 2.67 bits per heavy atom. The molecule has 0 N–H and O–H groups in total. The van der Waals surface area contributed by atoms with Gasteiger partial charge in [-0.25, -0.2) is 0 Å². The van der Waals surface area contributed by atoms with E-state index in [2.05, 4.69) is 17.6 Å². The zero-order chi connectivity index (χ0) is 9.14. The van der Waals surface area contributed by atoms with Crippen molar-refractivity contribution < 1.29 is 4.74 Å². The van der Waals surface area contributed by atoms with Crippen LogP contribution in [0.15, 0.2) is 18.0 Å². The van der Waals surface area contributed by atoms with E-state index in [1.807, 2.05) is 26.2 Å². The van der Waals surface area contributed by atoms with Crippen LogP contribution in [0.1, 0.15) is 18.2 Å². The summed E-state index contributed by atoms with van der Waals surface area (Å²) < 4.78 is 7.16. The predicted molar refractivity (Wildman–Crippen MR) is 50.8 cm³/mol. The Labute approximate surface area is 73.5 Å². The van der Waals surface area contributed by atoms with Gasteiger partial charge in [0, 0.05) is 18.9 Å². The van der Waals surface area contributed by atoms with Crippen molar-refractivity contribution in [1.82, 2.24) is 4.57 Å². The van der Waals surface area contributed by atoms with E-state index >= 15 is 0 Å². The lowest BCUT2D eigenvalue weighted by molar-refractivity contribution is 0.297. The first-order valence-electron chi connectivity index (χ1n) is 3.99. The third kappa shape index (κ3) is 1.70.